The van der Waals surface area contributed by atoms with Gasteiger partial charge < -0.3 is 10.2 Å². The molecular formula is C9H20N2. The molecule has 0 amide bonds. The minimum absolute atomic E-state index is 0.532. The first-order chi connectivity index (χ1) is 5.16. The first kappa shape index (κ1) is 9.01. The van der Waals surface area contributed by atoms with Gasteiger partial charge in [0.1, 0.15) is 0 Å². The van der Waals surface area contributed by atoms with E-state index in [-0.39, 0.29) is 0 Å². The van der Waals surface area contributed by atoms with Gasteiger partial charge >= 0.3 is 0 Å². The van der Waals surface area contributed by atoms with E-state index in [0.29, 0.717) is 5.41 Å². The molecule has 1 aliphatic heterocycles. The Labute approximate surface area is 70.0 Å². The Bertz CT molecular complexity index is 117. The van der Waals surface area contributed by atoms with Gasteiger partial charge in [0.05, 0.1) is 0 Å². The third kappa shape index (κ3) is 2.46. The van der Waals surface area contributed by atoms with Crippen LogP contribution in [-0.2, 0) is 0 Å². The zero-order valence-electron chi connectivity index (χ0n) is 7.98. The van der Waals surface area contributed by atoms with Gasteiger partial charge in [-0.25, -0.2) is 0 Å². The van der Waals surface area contributed by atoms with Crippen molar-refractivity contribution in [3.05, 3.63) is 0 Å². The maximum absolute atomic E-state index is 3.42. The monoisotopic (exact) mass is 156 g/mol. The van der Waals surface area contributed by atoms with E-state index < -0.39 is 0 Å². The predicted octanol–water partition coefficient (Wildman–Crippen LogP) is 0.938. The molecule has 1 heterocycles. The summed E-state index contributed by atoms with van der Waals surface area (Å²) in [5, 5.41) is 3.42. The fourth-order valence-electron chi connectivity index (χ4n) is 1.77. The van der Waals surface area contributed by atoms with Crippen LogP contribution in [0.15, 0.2) is 0 Å². The second-order valence-electron chi connectivity index (χ2n) is 4.07. The average Bonchev–Trinajstić information content (AvgIpc) is 2.36. The predicted molar refractivity (Wildman–Crippen MR) is 48.8 cm³/mol. The highest BCUT2D eigenvalue weighted by molar-refractivity contribution is 4.85. The Morgan fingerprint density at radius 2 is 2.27 bits per heavy atom. The molecule has 1 rings (SSSR count). The molecule has 11 heavy (non-hydrogen) atoms. The molecule has 1 saturated heterocycles. The molecule has 2 heteroatoms. The number of nitrogens with one attached hydrogen (secondary N) is 1. The first-order valence-corrected chi connectivity index (χ1v) is 4.55. The van der Waals surface area contributed by atoms with Gasteiger partial charge in [0.25, 0.3) is 0 Å². The van der Waals surface area contributed by atoms with Crippen LogP contribution >= 0.6 is 0 Å². The van der Waals surface area contributed by atoms with Gasteiger partial charge in [0.2, 0.25) is 0 Å². The van der Waals surface area contributed by atoms with E-state index in [0.717, 1.165) is 6.54 Å². The quantitative estimate of drug-likeness (QED) is 0.654. The van der Waals surface area contributed by atoms with Crippen molar-refractivity contribution >= 4 is 0 Å². The molecule has 0 saturated carbocycles. The van der Waals surface area contributed by atoms with Crippen LogP contribution in [0.4, 0.5) is 0 Å². The third-order valence-electron chi connectivity index (χ3n) is 2.65. The highest BCUT2D eigenvalue weighted by Gasteiger charge is 2.28. The van der Waals surface area contributed by atoms with Crippen LogP contribution in [-0.4, -0.2) is 38.1 Å². The molecule has 0 aromatic carbocycles. The molecule has 0 aromatic rings. The Morgan fingerprint density at radius 3 is 2.73 bits per heavy atom. The van der Waals surface area contributed by atoms with Crippen LogP contribution < -0.4 is 5.32 Å². The van der Waals surface area contributed by atoms with Gasteiger partial charge in [0, 0.05) is 13.1 Å². The molecule has 0 bridgehead atoms. The van der Waals surface area contributed by atoms with Crippen molar-refractivity contribution in [2.45, 2.75) is 20.3 Å². The first-order valence-electron chi connectivity index (χ1n) is 4.55. The summed E-state index contributed by atoms with van der Waals surface area (Å²) in [7, 11) is 2.20. The number of hydrogen-bond donors (Lipinski definition) is 1. The topological polar surface area (TPSA) is 15.3 Å². The van der Waals surface area contributed by atoms with E-state index in [2.05, 4.69) is 31.1 Å². The molecule has 0 radical (unpaired) electrons. The maximum Gasteiger partial charge on any atom is 0.00448 e. The van der Waals surface area contributed by atoms with Crippen molar-refractivity contribution in [2.24, 2.45) is 5.41 Å². The summed E-state index contributed by atoms with van der Waals surface area (Å²) in [6, 6.07) is 0. The van der Waals surface area contributed by atoms with Gasteiger partial charge in [-0.05, 0) is 32.0 Å². The van der Waals surface area contributed by atoms with Crippen molar-refractivity contribution in [3.8, 4) is 0 Å². The van der Waals surface area contributed by atoms with Crippen LogP contribution in [0.25, 0.3) is 0 Å². The lowest BCUT2D eigenvalue weighted by Gasteiger charge is -2.28. The van der Waals surface area contributed by atoms with Gasteiger partial charge in [-0.3, -0.25) is 0 Å². The van der Waals surface area contributed by atoms with Gasteiger partial charge in [-0.2, -0.15) is 0 Å². The van der Waals surface area contributed by atoms with Crippen molar-refractivity contribution in [3.63, 3.8) is 0 Å². The average molecular weight is 156 g/mol. The van der Waals surface area contributed by atoms with Gasteiger partial charge in [-0.15, -0.1) is 0 Å². The summed E-state index contributed by atoms with van der Waals surface area (Å²) in [6.45, 7) is 9.38. The Morgan fingerprint density at radius 1 is 1.55 bits per heavy atom. The lowest BCUT2D eigenvalue weighted by Crippen LogP contribution is -2.34. The van der Waals surface area contributed by atoms with E-state index in [1.807, 2.05) is 0 Å². The van der Waals surface area contributed by atoms with Crippen LogP contribution in [0.2, 0.25) is 0 Å². The molecule has 1 N–H and O–H groups in total. The Hall–Kier alpha value is -0.0800. The minimum atomic E-state index is 0.532. The summed E-state index contributed by atoms with van der Waals surface area (Å²) in [6.07, 6.45) is 1.33. The molecular weight excluding hydrogens is 136 g/mol. The second-order valence-corrected chi connectivity index (χ2v) is 4.07. The lowest BCUT2D eigenvalue weighted by atomic mass is 9.89. The van der Waals surface area contributed by atoms with E-state index in [4.69, 9.17) is 0 Å². The van der Waals surface area contributed by atoms with Crippen molar-refractivity contribution in [2.75, 3.05) is 33.2 Å². The molecule has 1 aliphatic rings. The van der Waals surface area contributed by atoms with Crippen LogP contribution in [0.1, 0.15) is 20.3 Å². The maximum atomic E-state index is 3.42. The fourth-order valence-corrected chi connectivity index (χ4v) is 1.77. The van der Waals surface area contributed by atoms with E-state index in [1.54, 1.807) is 0 Å². The van der Waals surface area contributed by atoms with Crippen LogP contribution in [0, 0.1) is 5.41 Å². The molecule has 0 aliphatic carbocycles. The van der Waals surface area contributed by atoms with Gasteiger partial charge in [-0.1, -0.05) is 13.8 Å². The van der Waals surface area contributed by atoms with Crippen molar-refractivity contribution in [1.29, 1.82) is 0 Å². The van der Waals surface area contributed by atoms with Gasteiger partial charge in [0.15, 0.2) is 0 Å². The standard InChI is InChI=1S/C9H20N2/c1-4-11(3)8-9(2)5-6-10-7-9/h10H,4-8H2,1-3H3. The number of nitrogens with zero attached hydrogens (tertiary/aromatic N) is 1. The molecule has 0 aromatic heterocycles. The Balaban J connectivity index is 2.33. The summed E-state index contributed by atoms with van der Waals surface area (Å²) in [5.41, 5.74) is 0.532. The third-order valence-corrected chi connectivity index (χ3v) is 2.65. The Kier molecular flexibility index (Phi) is 2.90. The highest BCUT2D eigenvalue weighted by Crippen LogP contribution is 2.24. The number of hydrogen-bond acceptors (Lipinski definition) is 2. The highest BCUT2D eigenvalue weighted by atomic mass is 15.1. The van der Waals surface area contributed by atoms with E-state index >= 15 is 0 Å². The lowest BCUT2D eigenvalue weighted by molar-refractivity contribution is 0.217. The molecule has 1 unspecified atom stereocenters. The molecule has 66 valence electrons. The summed E-state index contributed by atoms with van der Waals surface area (Å²) >= 11 is 0. The zero-order valence-corrected chi connectivity index (χ0v) is 7.98. The number of rotatable bonds is 3. The zero-order chi connectivity index (χ0) is 8.32. The SMILES string of the molecule is CCN(C)CC1(C)CCNC1. The molecule has 0 spiro atoms. The van der Waals surface area contributed by atoms with E-state index in [1.165, 1.54) is 26.1 Å². The van der Waals surface area contributed by atoms with Crippen LogP contribution in [0.3, 0.4) is 0 Å². The molecule has 1 atom stereocenters. The van der Waals surface area contributed by atoms with Crippen molar-refractivity contribution in [1.82, 2.24) is 10.2 Å². The largest absolute Gasteiger partial charge is 0.316 e. The normalized spacial score (nSPS) is 31.6. The minimum Gasteiger partial charge on any atom is -0.316 e. The summed E-state index contributed by atoms with van der Waals surface area (Å²) in [4.78, 5) is 2.40. The second kappa shape index (κ2) is 3.55. The molecule has 2 nitrogen and oxygen atoms in total. The van der Waals surface area contributed by atoms with Crippen LogP contribution in [0.5, 0.6) is 0 Å². The summed E-state index contributed by atoms with van der Waals surface area (Å²) < 4.78 is 0. The fraction of sp³-hybridized carbons (Fsp3) is 1.00. The summed E-state index contributed by atoms with van der Waals surface area (Å²) in [5.74, 6) is 0. The smallest absolute Gasteiger partial charge is 0.00448 e. The van der Waals surface area contributed by atoms with E-state index in [9.17, 15) is 0 Å². The van der Waals surface area contributed by atoms with Crippen molar-refractivity contribution < 1.29 is 0 Å². The molecule has 1 fully saturated rings.